The third-order valence-corrected chi connectivity index (χ3v) is 4.57. The quantitative estimate of drug-likeness (QED) is 0.685. The summed E-state index contributed by atoms with van der Waals surface area (Å²) < 4.78 is 10.1. The van der Waals surface area contributed by atoms with Crippen molar-refractivity contribution in [3.63, 3.8) is 0 Å². The first-order valence-electron chi connectivity index (χ1n) is 7.98. The Morgan fingerprint density at radius 2 is 1.96 bits per heavy atom. The lowest BCUT2D eigenvalue weighted by Crippen LogP contribution is -2.13. The van der Waals surface area contributed by atoms with Crippen LogP contribution in [0.4, 0.5) is 5.13 Å². The summed E-state index contributed by atoms with van der Waals surface area (Å²) in [5.74, 6) is -0.433. The van der Waals surface area contributed by atoms with Crippen LogP contribution in [0, 0.1) is 13.8 Å². The molecule has 0 atom stereocenters. The Labute approximate surface area is 154 Å². The van der Waals surface area contributed by atoms with Crippen LogP contribution in [0.25, 0.3) is 11.3 Å². The maximum atomic E-state index is 12.5. The summed E-state index contributed by atoms with van der Waals surface area (Å²) >= 11 is 1.07. The van der Waals surface area contributed by atoms with E-state index in [2.05, 4.69) is 15.5 Å². The minimum absolute atomic E-state index is 0.256. The molecule has 0 aliphatic carbocycles. The van der Waals surface area contributed by atoms with E-state index in [0.29, 0.717) is 32.7 Å². The number of thiazole rings is 1. The summed E-state index contributed by atoms with van der Waals surface area (Å²) in [5, 5.41) is 6.79. The summed E-state index contributed by atoms with van der Waals surface area (Å²) in [4.78, 5) is 29.6. The topological polar surface area (TPSA) is 94.3 Å². The summed E-state index contributed by atoms with van der Waals surface area (Å²) in [6.07, 6.45) is 0. The highest BCUT2D eigenvalue weighted by molar-refractivity contribution is 7.18. The van der Waals surface area contributed by atoms with E-state index in [4.69, 9.17) is 9.26 Å². The number of hydrogen-bond donors (Lipinski definition) is 1. The van der Waals surface area contributed by atoms with Crippen LogP contribution in [-0.2, 0) is 4.74 Å². The third kappa shape index (κ3) is 3.50. The summed E-state index contributed by atoms with van der Waals surface area (Å²) in [6.45, 7) is 5.34. The minimum Gasteiger partial charge on any atom is -0.462 e. The van der Waals surface area contributed by atoms with Gasteiger partial charge in [-0.2, -0.15) is 0 Å². The molecule has 0 unspecified atom stereocenters. The SMILES string of the molecule is CCOC(=O)c1sc(NC(=O)c2c(C)noc2C)nc1-c1ccccc1. The van der Waals surface area contributed by atoms with Crippen molar-refractivity contribution < 1.29 is 18.8 Å². The highest BCUT2D eigenvalue weighted by atomic mass is 32.1. The molecule has 134 valence electrons. The van der Waals surface area contributed by atoms with Crippen molar-refractivity contribution in [2.24, 2.45) is 0 Å². The number of aromatic nitrogens is 2. The van der Waals surface area contributed by atoms with Gasteiger partial charge < -0.3 is 9.26 Å². The Bertz CT molecular complexity index is 927. The molecule has 3 aromatic rings. The normalized spacial score (nSPS) is 10.6. The molecule has 0 aliphatic heterocycles. The molecule has 1 aromatic carbocycles. The lowest BCUT2D eigenvalue weighted by atomic mass is 10.1. The van der Waals surface area contributed by atoms with Crippen LogP contribution in [-0.4, -0.2) is 28.6 Å². The number of anilines is 1. The van der Waals surface area contributed by atoms with E-state index in [9.17, 15) is 9.59 Å². The number of amides is 1. The standard InChI is InChI=1S/C18H17N3O4S/c1-4-24-17(23)15-14(12-8-6-5-7-9-12)19-18(26-15)20-16(22)13-10(2)21-25-11(13)3/h5-9H,4H2,1-3H3,(H,19,20,22). The van der Waals surface area contributed by atoms with E-state index in [-0.39, 0.29) is 12.5 Å². The fourth-order valence-corrected chi connectivity index (χ4v) is 3.34. The molecule has 0 aliphatic rings. The van der Waals surface area contributed by atoms with Crippen molar-refractivity contribution >= 4 is 28.3 Å². The first-order valence-corrected chi connectivity index (χ1v) is 8.80. The molecule has 0 fully saturated rings. The van der Waals surface area contributed by atoms with Crippen molar-refractivity contribution in [2.75, 3.05) is 11.9 Å². The second-order valence-corrected chi connectivity index (χ2v) is 6.44. The van der Waals surface area contributed by atoms with E-state index in [1.54, 1.807) is 20.8 Å². The van der Waals surface area contributed by atoms with Gasteiger partial charge in [0, 0.05) is 5.56 Å². The van der Waals surface area contributed by atoms with Crippen LogP contribution in [0.2, 0.25) is 0 Å². The molecule has 0 saturated carbocycles. The molecule has 2 aromatic heterocycles. The Balaban J connectivity index is 1.96. The van der Waals surface area contributed by atoms with Crippen molar-refractivity contribution in [3.05, 3.63) is 52.2 Å². The molecular formula is C18H17N3O4S. The Kier molecular flexibility index (Phi) is 5.13. The van der Waals surface area contributed by atoms with Gasteiger partial charge in [-0.3, -0.25) is 10.1 Å². The van der Waals surface area contributed by atoms with Crippen LogP contribution >= 0.6 is 11.3 Å². The number of carbonyl (C=O) groups is 2. The molecule has 3 rings (SSSR count). The van der Waals surface area contributed by atoms with Crippen LogP contribution in [0.3, 0.4) is 0 Å². The molecule has 1 N–H and O–H groups in total. The predicted octanol–water partition coefficient (Wildman–Crippen LogP) is 3.84. The second kappa shape index (κ2) is 7.49. The number of nitrogens with one attached hydrogen (secondary N) is 1. The number of benzene rings is 1. The summed E-state index contributed by atoms with van der Waals surface area (Å²) in [6, 6.07) is 9.27. The van der Waals surface area contributed by atoms with Crippen molar-refractivity contribution in [1.82, 2.24) is 10.1 Å². The van der Waals surface area contributed by atoms with Crippen molar-refractivity contribution in [3.8, 4) is 11.3 Å². The van der Waals surface area contributed by atoms with Gasteiger partial charge in [0.1, 0.15) is 16.2 Å². The van der Waals surface area contributed by atoms with Gasteiger partial charge in [-0.25, -0.2) is 9.78 Å². The number of ether oxygens (including phenoxy) is 1. The van der Waals surface area contributed by atoms with Gasteiger partial charge in [0.15, 0.2) is 5.13 Å². The van der Waals surface area contributed by atoms with E-state index >= 15 is 0 Å². The largest absolute Gasteiger partial charge is 0.462 e. The Morgan fingerprint density at radius 1 is 1.23 bits per heavy atom. The maximum absolute atomic E-state index is 12.5. The zero-order chi connectivity index (χ0) is 18.7. The molecule has 0 bridgehead atoms. The Hall–Kier alpha value is -3.00. The van der Waals surface area contributed by atoms with Gasteiger partial charge in [-0.05, 0) is 20.8 Å². The lowest BCUT2D eigenvalue weighted by Gasteiger charge is -2.01. The molecule has 26 heavy (non-hydrogen) atoms. The summed E-state index contributed by atoms with van der Waals surface area (Å²) in [7, 11) is 0. The molecule has 1 amide bonds. The van der Waals surface area contributed by atoms with Crippen LogP contribution in [0.5, 0.6) is 0 Å². The molecule has 8 heteroatoms. The molecule has 0 saturated heterocycles. The monoisotopic (exact) mass is 371 g/mol. The average molecular weight is 371 g/mol. The van der Waals surface area contributed by atoms with Gasteiger partial charge in [0.25, 0.3) is 5.91 Å². The highest BCUT2D eigenvalue weighted by Gasteiger charge is 2.23. The molecular weight excluding hydrogens is 354 g/mol. The maximum Gasteiger partial charge on any atom is 0.350 e. The van der Waals surface area contributed by atoms with Crippen LogP contribution in [0.1, 0.15) is 38.4 Å². The van der Waals surface area contributed by atoms with Gasteiger partial charge in [-0.1, -0.05) is 46.8 Å². The van der Waals surface area contributed by atoms with Crippen molar-refractivity contribution in [1.29, 1.82) is 0 Å². The highest BCUT2D eigenvalue weighted by Crippen LogP contribution is 2.32. The number of nitrogens with zero attached hydrogens (tertiary/aromatic N) is 2. The van der Waals surface area contributed by atoms with Gasteiger partial charge >= 0.3 is 5.97 Å². The van der Waals surface area contributed by atoms with Gasteiger partial charge in [0.2, 0.25) is 0 Å². The zero-order valence-corrected chi connectivity index (χ0v) is 15.3. The van der Waals surface area contributed by atoms with Crippen LogP contribution < -0.4 is 5.32 Å². The molecule has 7 nitrogen and oxygen atoms in total. The number of carbonyl (C=O) groups excluding carboxylic acids is 2. The third-order valence-electron chi connectivity index (χ3n) is 3.62. The predicted molar refractivity (Wildman–Crippen MR) is 97.4 cm³/mol. The first kappa shape index (κ1) is 17.8. The van der Waals surface area contributed by atoms with E-state index in [0.717, 1.165) is 16.9 Å². The molecule has 0 spiro atoms. The zero-order valence-electron chi connectivity index (χ0n) is 14.5. The van der Waals surface area contributed by atoms with Crippen molar-refractivity contribution in [2.45, 2.75) is 20.8 Å². The van der Waals surface area contributed by atoms with E-state index in [1.807, 2.05) is 30.3 Å². The lowest BCUT2D eigenvalue weighted by molar-refractivity contribution is 0.0532. The molecule has 2 heterocycles. The van der Waals surface area contributed by atoms with E-state index in [1.165, 1.54) is 0 Å². The van der Waals surface area contributed by atoms with Crippen LogP contribution in [0.15, 0.2) is 34.9 Å². The fourth-order valence-electron chi connectivity index (χ4n) is 2.47. The Morgan fingerprint density at radius 3 is 2.58 bits per heavy atom. The average Bonchev–Trinajstić information content (AvgIpc) is 3.19. The number of rotatable bonds is 5. The van der Waals surface area contributed by atoms with E-state index < -0.39 is 5.97 Å². The molecule has 0 radical (unpaired) electrons. The van der Waals surface area contributed by atoms with Gasteiger partial charge in [0.05, 0.1) is 18.0 Å². The first-order chi connectivity index (χ1) is 12.5. The number of aryl methyl sites for hydroxylation is 2. The van der Waals surface area contributed by atoms with Gasteiger partial charge in [-0.15, -0.1) is 0 Å². The fraction of sp³-hybridized carbons (Fsp3) is 0.222. The minimum atomic E-state index is -0.471. The second-order valence-electron chi connectivity index (χ2n) is 5.44. The number of esters is 1. The summed E-state index contributed by atoms with van der Waals surface area (Å²) in [5.41, 5.74) is 2.09. The number of hydrogen-bond acceptors (Lipinski definition) is 7. The smallest absolute Gasteiger partial charge is 0.350 e.